The summed E-state index contributed by atoms with van der Waals surface area (Å²) in [5, 5.41) is 0. The molecule has 0 saturated heterocycles. The molecule has 1 rings (SSSR count). The lowest BCUT2D eigenvalue weighted by molar-refractivity contribution is 0.298. The highest BCUT2D eigenvalue weighted by Crippen LogP contribution is 2.37. The van der Waals surface area contributed by atoms with Crippen molar-refractivity contribution in [3.05, 3.63) is 0 Å². The van der Waals surface area contributed by atoms with Crippen LogP contribution in [0.5, 0.6) is 0 Å². The van der Waals surface area contributed by atoms with Crippen molar-refractivity contribution in [2.24, 2.45) is 5.92 Å². The third-order valence-electron chi connectivity index (χ3n) is 2.03. The Kier molecular flexibility index (Phi) is 4.33. The van der Waals surface area contributed by atoms with Crippen LogP contribution >= 0.6 is 47.8 Å². The second-order valence-electron chi connectivity index (χ2n) is 2.97. The fourth-order valence-electron chi connectivity index (χ4n) is 1.35. The summed E-state index contributed by atoms with van der Waals surface area (Å²) in [5.41, 5.74) is 0. The summed E-state index contributed by atoms with van der Waals surface area (Å²) >= 11 is 10.6. The minimum atomic E-state index is -0.191. The van der Waals surface area contributed by atoms with Crippen LogP contribution in [-0.4, -0.2) is 21.2 Å². The zero-order valence-corrected chi connectivity index (χ0v) is 10.7. The third kappa shape index (κ3) is 2.66. The molecular weight excluding hydrogens is 343 g/mol. The molecule has 2 unspecified atom stereocenters. The van der Waals surface area contributed by atoms with Crippen molar-refractivity contribution in [2.45, 2.75) is 27.3 Å². The van der Waals surface area contributed by atoms with Gasteiger partial charge < -0.3 is 0 Å². The van der Waals surface area contributed by atoms with E-state index < -0.39 is 0 Å². The van der Waals surface area contributed by atoms with Crippen LogP contribution in [0.2, 0.25) is 0 Å². The summed E-state index contributed by atoms with van der Waals surface area (Å²) in [6.45, 7) is -0.191. The number of alkyl halides is 4. The van der Waals surface area contributed by atoms with Crippen LogP contribution in [0.3, 0.4) is 0 Å². The number of rotatable bonds is 1. The Balaban J connectivity index is 2.47. The Morgan fingerprint density at radius 2 is 1.55 bits per heavy atom. The van der Waals surface area contributed by atoms with Crippen molar-refractivity contribution in [3.8, 4) is 0 Å². The van der Waals surface area contributed by atoms with Crippen LogP contribution in [0, 0.1) is 5.92 Å². The molecule has 4 heteroatoms. The Morgan fingerprint density at radius 3 is 1.91 bits per heavy atom. The molecular formula is C7H10Br3F. The fourth-order valence-corrected chi connectivity index (χ4v) is 3.98. The molecule has 11 heavy (non-hydrogen) atoms. The summed E-state index contributed by atoms with van der Waals surface area (Å²) < 4.78 is 12.3. The molecule has 0 aliphatic heterocycles. The van der Waals surface area contributed by atoms with E-state index in [4.69, 9.17) is 0 Å². The van der Waals surface area contributed by atoms with E-state index in [1.54, 1.807) is 0 Å². The van der Waals surface area contributed by atoms with Gasteiger partial charge in [-0.05, 0) is 18.8 Å². The van der Waals surface area contributed by atoms with Crippen molar-refractivity contribution in [1.82, 2.24) is 0 Å². The standard InChI is InChI=1S/C7H10Br3F/c8-5-1-4(3-11)2-6(9)7(5)10/h4-7H,1-3H2. The number of halogens is 4. The van der Waals surface area contributed by atoms with Gasteiger partial charge in [-0.2, -0.15) is 0 Å². The van der Waals surface area contributed by atoms with Gasteiger partial charge in [0, 0.05) is 14.5 Å². The van der Waals surface area contributed by atoms with Gasteiger partial charge in [0.2, 0.25) is 0 Å². The lowest BCUT2D eigenvalue weighted by atomic mass is 9.90. The summed E-state index contributed by atoms with van der Waals surface area (Å²) in [6, 6.07) is 0. The minimum absolute atomic E-state index is 0.191. The highest BCUT2D eigenvalue weighted by Gasteiger charge is 2.33. The first-order valence-electron chi connectivity index (χ1n) is 3.63. The first-order chi connectivity index (χ1) is 5.15. The van der Waals surface area contributed by atoms with Crippen molar-refractivity contribution >= 4 is 47.8 Å². The molecule has 1 saturated carbocycles. The van der Waals surface area contributed by atoms with Gasteiger partial charge in [-0.1, -0.05) is 47.8 Å². The van der Waals surface area contributed by atoms with Crippen LogP contribution in [-0.2, 0) is 0 Å². The van der Waals surface area contributed by atoms with E-state index in [9.17, 15) is 4.39 Å². The summed E-state index contributed by atoms with van der Waals surface area (Å²) in [6.07, 6.45) is 1.88. The first-order valence-corrected chi connectivity index (χ1v) is 6.38. The van der Waals surface area contributed by atoms with Gasteiger partial charge in [0.1, 0.15) is 0 Å². The molecule has 0 bridgehead atoms. The lowest BCUT2D eigenvalue weighted by Crippen LogP contribution is -2.34. The summed E-state index contributed by atoms with van der Waals surface area (Å²) in [5.74, 6) is 0.234. The Labute approximate surface area is 91.7 Å². The summed E-state index contributed by atoms with van der Waals surface area (Å²) in [7, 11) is 0. The highest BCUT2D eigenvalue weighted by atomic mass is 79.9. The van der Waals surface area contributed by atoms with Gasteiger partial charge in [-0.3, -0.25) is 4.39 Å². The van der Waals surface area contributed by atoms with Gasteiger partial charge in [0.25, 0.3) is 0 Å². The Morgan fingerprint density at radius 1 is 1.09 bits per heavy atom. The number of hydrogen-bond donors (Lipinski definition) is 0. The maximum Gasteiger partial charge on any atom is 0.0923 e. The molecule has 0 nitrogen and oxygen atoms in total. The third-order valence-corrected chi connectivity index (χ3v) is 6.61. The minimum Gasteiger partial charge on any atom is -0.251 e. The van der Waals surface area contributed by atoms with Crippen molar-refractivity contribution < 1.29 is 4.39 Å². The van der Waals surface area contributed by atoms with E-state index in [1.807, 2.05) is 0 Å². The maximum absolute atomic E-state index is 12.3. The quantitative estimate of drug-likeness (QED) is 0.632. The molecule has 1 aliphatic carbocycles. The second kappa shape index (κ2) is 4.56. The molecule has 0 spiro atoms. The molecule has 0 aromatic heterocycles. The van der Waals surface area contributed by atoms with Gasteiger partial charge in [-0.25, -0.2) is 0 Å². The molecule has 0 amide bonds. The zero-order valence-electron chi connectivity index (χ0n) is 5.94. The van der Waals surface area contributed by atoms with E-state index in [1.165, 1.54) is 0 Å². The highest BCUT2D eigenvalue weighted by molar-refractivity contribution is 9.13. The van der Waals surface area contributed by atoms with Crippen LogP contribution < -0.4 is 0 Å². The summed E-state index contributed by atoms with van der Waals surface area (Å²) in [4.78, 5) is 1.24. The average Bonchev–Trinajstić information content (AvgIpc) is 1.99. The van der Waals surface area contributed by atoms with E-state index in [-0.39, 0.29) is 12.6 Å². The van der Waals surface area contributed by atoms with E-state index >= 15 is 0 Å². The zero-order chi connectivity index (χ0) is 8.43. The Hall–Kier alpha value is 1.37. The molecule has 1 fully saturated rings. The van der Waals surface area contributed by atoms with Gasteiger partial charge >= 0.3 is 0 Å². The van der Waals surface area contributed by atoms with Gasteiger partial charge in [0.05, 0.1) is 6.67 Å². The van der Waals surface area contributed by atoms with Crippen molar-refractivity contribution in [1.29, 1.82) is 0 Å². The molecule has 0 heterocycles. The average molecular weight is 353 g/mol. The van der Waals surface area contributed by atoms with Crippen molar-refractivity contribution in [2.75, 3.05) is 6.67 Å². The SMILES string of the molecule is FCC1CC(Br)C(Br)C(Br)C1. The smallest absolute Gasteiger partial charge is 0.0923 e. The van der Waals surface area contributed by atoms with Crippen molar-refractivity contribution in [3.63, 3.8) is 0 Å². The van der Waals surface area contributed by atoms with Gasteiger partial charge in [-0.15, -0.1) is 0 Å². The van der Waals surface area contributed by atoms with E-state index in [0.717, 1.165) is 12.8 Å². The molecule has 0 aromatic carbocycles. The van der Waals surface area contributed by atoms with Crippen LogP contribution in [0.15, 0.2) is 0 Å². The normalized spacial score (nSPS) is 45.8. The Bertz CT molecular complexity index is 119. The van der Waals surface area contributed by atoms with Gasteiger partial charge in [0.15, 0.2) is 0 Å². The molecule has 1 aliphatic rings. The van der Waals surface area contributed by atoms with Crippen LogP contribution in [0.25, 0.3) is 0 Å². The first kappa shape index (κ1) is 10.5. The molecule has 0 N–H and O–H groups in total. The lowest BCUT2D eigenvalue weighted by Gasteiger charge is -2.32. The molecule has 0 aromatic rings. The monoisotopic (exact) mass is 350 g/mol. The number of hydrogen-bond acceptors (Lipinski definition) is 0. The van der Waals surface area contributed by atoms with E-state index in [2.05, 4.69) is 47.8 Å². The predicted molar refractivity (Wildman–Crippen MR) is 56.8 cm³/mol. The fraction of sp³-hybridized carbons (Fsp3) is 1.00. The molecule has 2 atom stereocenters. The molecule has 66 valence electrons. The van der Waals surface area contributed by atoms with E-state index in [0.29, 0.717) is 14.5 Å². The topological polar surface area (TPSA) is 0 Å². The second-order valence-corrected chi connectivity index (χ2v) is 6.38. The predicted octanol–water partition coefficient (Wildman–Crippen LogP) is 3.66. The largest absolute Gasteiger partial charge is 0.251 e. The van der Waals surface area contributed by atoms with Crippen LogP contribution in [0.4, 0.5) is 4.39 Å². The maximum atomic E-state index is 12.3. The molecule has 0 radical (unpaired) electrons. The van der Waals surface area contributed by atoms with Crippen LogP contribution in [0.1, 0.15) is 12.8 Å².